The Labute approximate surface area is 220 Å². The molecular formula is C28H39N5O2S. The monoisotopic (exact) mass is 509 g/mol. The topological polar surface area (TPSA) is 102 Å². The van der Waals surface area contributed by atoms with Gasteiger partial charge in [0.15, 0.2) is 10.5 Å². The van der Waals surface area contributed by atoms with Crippen molar-refractivity contribution in [1.82, 2.24) is 9.80 Å². The predicted octanol–water partition coefficient (Wildman–Crippen LogP) is 3.52. The molecule has 1 aromatic rings. The first-order valence-electron chi connectivity index (χ1n) is 13.2. The van der Waals surface area contributed by atoms with Crippen LogP contribution < -0.4 is 11.1 Å². The first-order chi connectivity index (χ1) is 17.1. The van der Waals surface area contributed by atoms with E-state index in [9.17, 15) is 14.9 Å². The van der Waals surface area contributed by atoms with Gasteiger partial charge in [0.05, 0.1) is 11.7 Å². The zero-order chi connectivity index (χ0) is 26.1. The molecule has 3 aliphatic rings. The number of fused-ring (bicyclic) bond motifs is 1. The Bertz CT molecular complexity index is 1100. The summed E-state index contributed by atoms with van der Waals surface area (Å²) in [6.07, 6.45) is 7.11. The molecule has 1 amide bonds. The molecule has 0 aromatic heterocycles. The molecule has 3 N–H and O–H groups in total. The van der Waals surface area contributed by atoms with Crippen LogP contribution in [-0.4, -0.2) is 64.0 Å². The number of likely N-dealkylation sites (tertiary alicyclic amines) is 2. The zero-order valence-electron chi connectivity index (χ0n) is 21.7. The van der Waals surface area contributed by atoms with Crippen molar-refractivity contribution in [3.05, 3.63) is 41.1 Å². The van der Waals surface area contributed by atoms with Gasteiger partial charge in [-0.1, -0.05) is 25.0 Å². The standard InChI is InChI=1S/C28H39N5O2S/c1-4-33-25(24(17-29)19(2)34)28(36,26(33)35)20(3)31-23-10-7-8-21(16-23)11-14-32-15-12-22-9-5-6-13-27(22,30)18-32/h7-8,10,16,20,22,31,36H,4-6,9,11-15,18,30H2,1-3H3/b25-24+. The van der Waals surface area contributed by atoms with E-state index in [4.69, 9.17) is 18.4 Å². The molecule has 2 aliphatic heterocycles. The summed E-state index contributed by atoms with van der Waals surface area (Å²) in [7, 11) is 0. The van der Waals surface area contributed by atoms with Gasteiger partial charge in [0.1, 0.15) is 11.6 Å². The molecule has 1 aliphatic carbocycles. The number of nitrogens with two attached hydrogens (primary N) is 1. The molecule has 7 nitrogen and oxygen atoms in total. The van der Waals surface area contributed by atoms with Crippen LogP contribution in [0.15, 0.2) is 35.5 Å². The maximum absolute atomic E-state index is 13.0. The van der Waals surface area contributed by atoms with Crippen molar-refractivity contribution in [2.24, 2.45) is 11.7 Å². The molecule has 1 aromatic carbocycles. The number of Topliss-reactive ketones (excluding diaryl/α,β-unsaturated/α-hetero) is 1. The average molecular weight is 510 g/mol. The molecule has 4 unspecified atom stereocenters. The van der Waals surface area contributed by atoms with Crippen LogP contribution in [0.1, 0.15) is 58.4 Å². The number of piperidine rings is 1. The first kappa shape index (κ1) is 26.7. The summed E-state index contributed by atoms with van der Waals surface area (Å²) in [6.45, 7) is 8.50. The summed E-state index contributed by atoms with van der Waals surface area (Å²) in [5.41, 5.74) is 9.29. The fourth-order valence-corrected chi connectivity index (χ4v) is 6.75. The number of hydrogen-bond acceptors (Lipinski definition) is 7. The smallest absolute Gasteiger partial charge is 0.251 e. The summed E-state index contributed by atoms with van der Waals surface area (Å²) < 4.78 is -1.25. The van der Waals surface area contributed by atoms with Gasteiger partial charge in [0.25, 0.3) is 5.91 Å². The molecule has 0 radical (unpaired) electrons. The Balaban J connectivity index is 1.43. The Hall–Kier alpha value is -2.34. The maximum Gasteiger partial charge on any atom is 0.251 e. The van der Waals surface area contributed by atoms with Gasteiger partial charge < -0.3 is 20.9 Å². The molecule has 36 heavy (non-hydrogen) atoms. The van der Waals surface area contributed by atoms with Crippen molar-refractivity contribution in [2.45, 2.75) is 75.6 Å². The number of β-lactam (4-membered cyclic amide) rings is 1. The molecule has 8 heteroatoms. The van der Waals surface area contributed by atoms with Gasteiger partial charge in [0.2, 0.25) is 0 Å². The lowest BCUT2D eigenvalue weighted by Crippen LogP contribution is -2.68. The number of anilines is 1. The van der Waals surface area contributed by atoms with Crippen LogP contribution in [-0.2, 0) is 16.0 Å². The number of nitriles is 1. The van der Waals surface area contributed by atoms with E-state index in [2.05, 4.69) is 22.3 Å². The van der Waals surface area contributed by atoms with E-state index in [0.717, 1.165) is 38.2 Å². The van der Waals surface area contributed by atoms with E-state index in [-0.39, 0.29) is 22.8 Å². The molecule has 4 rings (SSSR count). The number of nitrogens with one attached hydrogen (secondary N) is 1. The molecule has 3 fully saturated rings. The van der Waals surface area contributed by atoms with Crippen LogP contribution in [0.3, 0.4) is 0 Å². The van der Waals surface area contributed by atoms with E-state index < -0.39 is 10.8 Å². The number of nitrogens with zero attached hydrogens (tertiary/aromatic N) is 3. The number of carbonyl (C=O) groups excluding carboxylic acids is 2. The largest absolute Gasteiger partial charge is 0.380 e. The Morgan fingerprint density at radius 3 is 2.83 bits per heavy atom. The van der Waals surface area contributed by atoms with Crippen molar-refractivity contribution in [1.29, 1.82) is 5.26 Å². The fraction of sp³-hybridized carbons (Fsp3) is 0.607. The summed E-state index contributed by atoms with van der Waals surface area (Å²) in [6, 6.07) is 9.78. The number of ketones is 1. The molecule has 2 saturated heterocycles. The van der Waals surface area contributed by atoms with Crippen LogP contribution in [0.25, 0.3) is 0 Å². The zero-order valence-corrected chi connectivity index (χ0v) is 22.6. The van der Waals surface area contributed by atoms with Crippen molar-refractivity contribution in [3.63, 3.8) is 0 Å². The molecule has 0 bridgehead atoms. The number of amides is 1. The van der Waals surface area contributed by atoms with E-state index >= 15 is 0 Å². The lowest BCUT2D eigenvalue weighted by molar-refractivity contribution is -0.139. The van der Waals surface area contributed by atoms with Crippen molar-refractivity contribution < 1.29 is 9.59 Å². The van der Waals surface area contributed by atoms with Gasteiger partial charge in [0, 0.05) is 30.9 Å². The molecule has 4 atom stereocenters. The van der Waals surface area contributed by atoms with Crippen molar-refractivity contribution in [2.75, 3.05) is 31.5 Å². The van der Waals surface area contributed by atoms with Crippen LogP contribution in [0, 0.1) is 17.2 Å². The molecule has 0 spiro atoms. The molecular weight excluding hydrogens is 470 g/mol. The summed E-state index contributed by atoms with van der Waals surface area (Å²) in [4.78, 5) is 29.1. The van der Waals surface area contributed by atoms with Gasteiger partial charge in [-0.2, -0.15) is 17.9 Å². The predicted molar refractivity (Wildman–Crippen MR) is 146 cm³/mol. The van der Waals surface area contributed by atoms with Crippen molar-refractivity contribution in [3.8, 4) is 6.07 Å². The Kier molecular flexibility index (Phi) is 7.84. The number of benzene rings is 1. The number of allylic oxidation sites excluding steroid dienone is 1. The lowest BCUT2D eigenvalue weighted by atomic mass is 9.69. The second kappa shape index (κ2) is 10.6. The van der Waals surface area contributed by atoms with Gasteiger partial charge in [-0.15, -0.1) is 0 Å². The summed E-state index contributed by atoms with van der Waals surface area (Å²) in [5, 5.41) is 13.0. The van der Waals surface area contributed by atoms with E-state index in [1.165, 1.54) is 43.1 Å². The SMILES string of the molecule is CCN1C(=O)C(S)(C(C)Nc2cccc(CCN3CCC4CCCCC4(N)C3)c2)/C1=C(/C#N)C(C)=O. The quantitative estimate of drug-likeness (QED) is 0.214. The Morgan fingerprint density at radius 1 is 1.36 bits per heavy atom. The normalized spacial score (nSPS) is 30.6. The second-order valence-corrected chi connectivity index (χ2v) is 11.5. The number of thiol groups is 1. The average Bonchev–Trinajstić information content (AvgIpc) is 2.86. The van der Waals surface area contributed by atoms with Crippen LogP contribution >= 0.6 is 12.6 Å². The van der Waals surface area contributed by atoms with E-state index in [1.807, 2.05) is 32.0 Å². The molecule has 194 valence electrons. The second-order valence-electron chi connectivity index (χ2n) is 10.8. The van der Waals surface area contributed by atoms with Gasteiger partial charge in [-0.25, -0.2) is 0 Å². The van der Waals surface area contributed by atoms with Crippen LogP contribution in [0.4, 0.5) is 5.69 Å². The molecule has 2 heterocycles. The van der Waals surface area contributed by atoms with Crippen LogP contribution in [0.2, 0.25) is 0 Å². The highest BCUT2D eigenvalue weighted by Gasteiger charge is 2.59. The number of rotatable bonds is 8. The minimum absolute atomic E-state index is 0.00624. The summed E-state index contributed by atoms with van der Waals surface area (Å²) in [5.74, 6) is 0.115. The van der Waals surface area contributed by atoms with Crippen molar-refractivity contribution >= 4 is 30.0 Å². The highest BCUT2D eigenvalue weighted by molar-refractivity contribution is 7.83. The van der Waals surface area contributed by atoms with Gasteiger partial charge in [-0.05, 0) is 76.6 Å². The Morgan fingerprint density at radius 2 is 2.14 bits per heavy atom. The van der Waals surface area contributed by atoms with Crippen LogP contribution in [0.5, 0.6) is 0 Å². The van der Waals surface area contributed by atoms with Gasteiger partial charge in [-0.3, -0.25) is 9.59 Å². The highest BCUT2D eigenvalue weighted by atomic mass is 32.1. The lowest BCUT2D eigenvalue weighted by Gasteiger charge is -2.51. The van der Waals surface area contributed by atoms with E-state index in [1.54, 1.807) is 0 Å². The number of carbonyl (C=O) groups is 2. The number of hydrogen-bond donors (Lipinski definition) is 3. The third-order valence-corrected chi connectivity index (χ3v) is 9.23. The van der Waals surface area contributed by atoms with E-state index in [0.29, 0.717) is 18.2 Å². The first-order valence-corrected chi connectivity index (χ1v) is 13.7. The molecule has 1 saturated carbocycles. The fourth-order valence-electron chi connectivity index (χ4n) is 6.34. The third-order valence-electron chi connectivity index (χ3n) is 8.44. The summed E-state index contributed by atoms with van der Waals surface area (Å²) >= 11 is 4.74. The highest BCUT2D eigenvalue weighted by Crippen LogP contribution is 2.45. The third kappa shape index (κ3) is 4.81. The minimum Gasteiger partial charge on any atom is -0.380 e. The minimum atomic E-state index is -1.25. The maximum atomic E-state index is 13.0. The van der Waals surface area contributed by atoms with Gasteiger partial charge >= 0.3 is 0 Å².